The first-order valence-electron chi connectivity index (χ1n) is 5.84. The van der Waals surface area contributed by atoms with E-state index < -0.39 is 0 Å². The van der Waals surface area contributed by atoms with Gasteiger partial charge < -0.3 is 10.2 Å². The predicted molar refractivity (Wildman–Crippen MR) is 73.0 cm³/mol. The van der Waals surface area contributed by atoms with Crippen LogP contribution in [0.15, 0.2) is 22.7 Å². The van der Waals surface area contributed by atoms with Gasteiger partial charge in [-0.1, -0.05) is 15.9 Å². The van der Waals surface area contributed by atoms with Crippen LogP contribution >= 0.6 is 15.9 Å². The number of anilines is 1. The standard InChI is InChI=1S/C13H16BrN3/c1-17(12-3-4-12)7-6-16-13-5-2-11(14)8-10(13)9-15/h2,5,8,12,16H,3-4,6-7H2,1H3. The van der Waals surface area contributed by atoms with Crippen LogP contribution in [0.4, 0.5) is 5.69 Å². The summed E-state index contributed by atoms with van der Waals surface area (Å²) in [5.41, 5.74) is 1.60. The normalized spacial score (nSPS) is 14.7. The van der Waals surface area contributed by atoms with Crippen LogP contribution in [0.5, 0.6) is 0 Å². The Labute approximate surface area is 111 Å². The second-order valence-electron chi connectivity index (χ2n) is 4.44. The zero-order valence-corrected chi connectivity index (χ0v) is 11.5. The summed E-state index contributed by atoms with van der Waals surface area (Å²) in [6, 6.07) is 8.73. The van der Waals surface area contributed by atoms with Crippen molar-refractivity contribution in [1.29, 1.82) is 5.26 Å². The topological polar surface area (TPSA) is 39.1 Å². The molecule has 1 fully saturated rings. The number of halogens is 1. The van der Waals surface area contributed by atoms with Crippen LogP contribution in [0.2, 0.25) is 0 Å². The van der Waals surface area contributed by atoms with E-state index in [0.29, 0.717) is 5.56 Å². The minimum absolute atomic E-state index is 0.688. The number of likely N-dealkylation sites (N-methyl/N-ethyl adjacent to an activating group) is 1. The Morgan fingerprint density at radius 1 is 1.53 bits per heavy atom. The molecule has 1 saturated carbocycles. The summed E-state index contributed by atoms with van der Waals surface area (Å²) in [6.07, 6.45) is 2.66. The molecule has 0 radical (unpaired) electrons. The Morgan fingerprint density at radius 3 is 2.94 bits per heavy atom. The molecule has 3 nitrogen and oxygen atoms in total. The molecular formula is C13H16BrN3. The maximum Gasteiger partial charge on any atom is 0.101 e. The van der Waals surface area contributed by atoms with E-state index in [1.165, 1.54) is 12.8 Å². The van der Waals surface area contributed by atoms with Gasteiger partial charge in [0.2, 0.25) is 0 Å². The zero-order chi connectivity index (χ0) is 12.3. The minimum Gasteiger partial charge on any atom is -0.383 e. The molecule has 0 aliphatic heterocycles. The third-order valence-corrected chi connectivity index (χ3v) is 3.55. The molecular weight excluding hydrogens is 278 g/mol. The zero-order valence-electron chi connectivity index (χ0n) is 9.91. The summed E-state index contributed by atoms with van der Waals surface area (Å²) < 4.78 is 0.940. The van der Waals surface area contributed by atoms with E-state index in [-0.39, 0.29) is 0 Å². The van der Waals surface area contributed by atoms with Crippen LogP contribution in [0.1, 0.15) is 18.4 Å². The van der Waals surface area contributed by atoms with Gasteiger partial charge in [-0.05, 0) is 38.1 Å². The molecule has 0 aromatic heterocycles. The quantitative estimate of drug-likeness (QED) is 0.907. The highest BCUT2D eigenvalue weighted by Crippen LogP contribution is 2.25. The summed E-state index contributed by atoms with van der Waals surface area (Å²) in [7, 11) is 2.16. The molecule has 4 heteroatoms. The first kappa shape index (κ1) is 12.4. The molecule has 1 N–H and O–H groups in total. The SMILES string of the molecule is CN(CCNc1ccc(Br)cc1C#N)C1CC1. The number of hydrogen-bond donors (Lipinski definition) is 1. The van der Waals surface area contributed by atoms with Crippen molar-refractivity contribution >= 4 is 21.6 Å². The van der Waals surface area contributed by atoms with E-state index in [1.54, 1.807) is 0 Å². The molecule has 1 aliphatic carbocycles. The van der Waals surface area contributed by atoms with Gasteiger partial charge >= 0.3 is 0 Å². The lowest BCUT2D eigenvalue weighted by Gasteiger charge is -2.16. The van der Waals surface area contributed by atoms with E-state index in [4.69, 9.17) is 5.26 Å². The second kappa shape index (κ2) is 5.52. The molecule has 0 atom stereocenters. The predicted octanol–water partition coefficient (Wildman–Crippen LogP) is 2.83. The van der Waals surface area contributed by atoms with Gasteiger partial charge in [0.15, 0.2) is 0 Å². The van der Waals surface area contributed by atoms with Gasteiger partial charge in [-0.15, -0.1) is 0 Å². The van der Waals surface area contributed by atoms with Gasteiger partial charge in [-0.25, -0.2) is 0 Å². The molecule has 90 valence electrons. The molecule has 0 amide bonds. The van der Waals surface area contributed by atoms with E-state index >= 15 is 0 Å². The number of benzene rings is 1. The Bertz CT molecular complexity index is 435. The first-order valence-corrected chi connectivity index (χ1v) is 6.64. The Balaban J connectivity index is 1.87. The highest BCUT2D eigenvalue weighted by Gasteiger charge is 2.25. The third-order valence-electron chi connectivity index (χ3n) is 3.05. The lowest BCUT2D eigenvalue weighted by Crippen LogP contribution is -2.27. The minimum atomic E-state index is 0.688. The fourth-order valence-electron chi connectivity index (χ4n) is 1.83. The van der Waals surface area contributed by atoms with Crippen molar-refractivity contribution in [2.75, 3.05) is 25.5 Å². The van der Waals surface area contributed by atoms with Crippen molar-refractivity contribution in [3.63, 3.8) is 0 Å². The van der Waals surface area contributed by atoms with Crippen LogP contribution in [-0.2, 0) is 0 Å². The monoisotopic (exact) mass is 293 g/mol. The van der Waals surface area contributed by atoms with E-state index in [1.807, 2.05) is 18.2 Å². The Hall–Kier alpha value is -1.05. The highest BCUT2D eigenvalue weighted by atomic mass is 79.9. The fourth-order valence-corrected chi connectivity index (χ4v) is 2.19. The summed E-state index contributed by atoms with van der Waals surface area (Å²) in [4.78, 5) is 2.37. The summed E-state index contributed by atoms with van der Waals surface area (Å²) in [5.74, 6) is 0. The molecule has 0 saturated heterocycles. The number of rotatable bonds is 5. The van der Waals surface area contributed by atoms with Crippen molar-refractivity contribution in [1.82, 2.24) is 4.90 Å². The lowest BCUT2D eigenvalue weighted by molar-refractivity contribution is 0.337. The molecule has 0 spiro atoms. The van der Waals surface area contributed by atoms with Crippen molar-refractivity contribution in [3.8, 4) is 6.07 Å². The number of nitrogens with zero attached hydrogens (tertiary/aromatic N) is 2. The molecule has 0 heterocycles. The largest absolute Gasteiger partial charge is 0.383 e. The van der Waals surface area contributed by atoms with Gasteiger partial charge in [-0.2, -0.15) is 5.26 Å². The summed E-state index contributed by atoms with van der Waals surface area (Å²) >= 11 is 3.37. The lowest BCUT2D eigenvalue weighted by atomic mass is 10.2. The van der Waals surface area contributed by atoms with Crippen molar-refractivity contribution in [3.05, 3.63) is 28.2 Å². The molecule has 1 aromatic rings. The number of nitrogens with one attached hydrogen (secondary N) is 1. The Morgan fingerprint density at radius 2 is 2.29 bits per heavy atom. The van der Waals surface area contributed by atoms with Gasteiger partial charge in [0, 0.05) is 23.6 Å². The fraction of sp³-hybridized carbons (Fsp3) is 0.462. The molecule has 0 bridgehead atoms. The van der Waals surface area contributed by atoms with Crippen LogP contribution in [0.3, 0.4) is 0 Å². The number of hydrogen-bond acceptors (Lipinski definition) is 3. The van der Waals surface area contributed by atoms with Gasteiger partial charge in [0.25, 0.3) is 0 Å². The van der Waals surface area contributed by atoms with Crippen LogP contribution in [0, 0.1) is 11.3 Å². The highest BCUT2D eigenvalue weighted by molar-refractivity contribution is 9.10. The summed E-state index contributed by atoms with van der Waals surface area (Å²) in [5, 5.41) is 12.3. The van der Waals surface area contributed by atoms with Crippen LogP contribution < -0.4 is 5.32 Å². The third kappa shape index (κ3) is 3.45. The maximum absolute atomic E-state index is 9.03. The molecule has 1 aromatic carbocycles. The maximum atomic E-state index is 9.03. The smallest absolute Gasteiger partial charge is 0.101 e. The first-order chi connectivity index (χ1) is 8.20. The van der Waals surface area contributed by atoms with Crippen LogP contribution in [0.25, 0.3) is 0 Å². The van der Waals surface area contributed by atoms with Crippen molar-refractivity contribution in [2.24, 2.45) is 0 Å². The molecule has 2 rings (SSSR count). The van der Waals surface area contributed by atoms with Gasteiger partial charge in [0.1, 0.15) is 6.07 Å². The molecule has 17 heavy (non-hydrogen) atoms. The summed E-state index contributed by atoms with van der Waals surface area (Å²) in [6.45, 7) is 1.90. The molecule has 0 unspecified atom stereocenters. The van der Waals surface area contributed by atoms with E-state index in [9.17, 15) is 0 Å². The van der Waals surface area contributed by atoms with Gasteiger partial charge in [0.05, 0.1) is 11.3 Å². The second-order valence-corrected chi connectivity index (χ2v) is 5.36. The van der Waals surface area contributed by atoms with Gasteiger partial charge in [-0.3, -0.25) is 0 Å². The van der Waals surface area contributed by atoms with E-state index in [0.717, 1.165) is 29.3 Å². The average molecular weight is 294 g/mol. The molecule has 1 aliphatic rings. The number of nitriles is 1. The Kier molecular flexibility index (Phi) is 4.03. The van der Waals surface area contributed by atoms with Crippen molar-refractivity contribution in [2.45, 2.75) is 18.9 Å². The average Bonchev–Trinajstić information content (AvgIpc) is 3.14. The van der Waals surface area contributed by atoms with E-state index in [2.05, 4.69) is 39.3 Å². The van der Waals surface area contributed by atoms with Crippen LogP contribution in [-0.4, -0.2) is 31.1 Å². The van der Waals surface area contributed by atoms with Crippen molar-refractivity contribution < 1.29 is 0 Å².